The fourth-order valence-electron chi connectivity index (χ4n) is 5.35. The van der Waals surface area contributed by atoms with Gasteiger partial charge in [-0.25, -0.2) is 0 Å². The second-order valence-electron chi connectivity index (χ2n) is 10.4. The van der Waals surface area contributed by atoms with Gasteiger partial charge in [0.25, 0.3) is 0 Å². The molecule has 8 rings (SSSR count). The van der Waals surface area contributed by atoms with Crippen LogP contribution in [0.5, 0.6) is 0 Å². The first-order valence-corrected chi connectivity index (χ1v) is 15.2. The van der Waals surface area contributed by atoms with E-state index in [1.807, 2.05) is 22.7 Å². The Morgan fingerprint density at radius 2 is 0.775 bits per heavy atom. The molecule has 0 aliphatic heterocycles. The maximum Gasteiger partial charge on any atom is 0.0355 e. The van der Waals surface area contributed by atoms with Crippen molar-refractivity contribution in [2.45, 2.75) is 13.8 Å². The molecule has 0 aliphatic rings. The van der Waals surface area contributed by atoms with E-state index in [9.17, 15) is 0 Å². The third-order valence-electron chi connectivity index (χ3n) is 7.49. The second-order valence-corrected chi connectivity index (χ2v) is 12.5. The van der Waals surface area contributed by atoms with E-state index in [-0.39, 0.29) is 0 Å². The molecule has 192 valence electrons. The summed E-state index contributed by atoms with van der Waals surface area (Å²) in [7, 11) is 0. The molecule has 0 atom stereocenters. The summed E-state index contributed by atoms with van der Waals surface area (Å²) in [5.74, 6) is 0. The first-order chi connectivity index (χ1) is 19.6. The van der Waals surface area contributed by atoms with E-state index in [1.165, 1.54) is 73.7 Å². The molecule has 2 aromatic heterocycles. The Balaban J connectivity index is 0.000000132. The highest BCUT2D eigenvalue weighted by atomic mass is 32.1. The molecule has 0 saturated heterocycles. The Kier molecular flexibility index (Phi) is 6.43. The topological polar surface area (TPSA) is 0 Å². The van der Waals surface area contributed by atoms with Crippen LogP contribution >= 0.6 is 22.7 Å². The lowest BCUT2D eigenvalue weighted by molar-refractivity contribution is 1.47. The summed E-state index contributed by atoms with van der Waals surface area (Å²) >= 11 is 3.74. The van der Waals surface area contributed by atoms with Crippen molar-refractivity contribution in [3.8, 4) is 22.3 Å². The van der Waals surface area contributed by atoms with Crippen molar-refractivity contribution in [2.24, 2.45) is 0 Å². The highest BCUT2D eigenvalue weighted by molar-refractivity contribution is 7.26. The van der Waals surface area contributed by atoms with Crippen LogP contribution in [0, 0.1) is 13.8 Å². The number of thiophene rings is 2. The minimum Gasteiger partial charge on any atom is -0.135 e. The van der Waals surface area contributed by atoms with Gasteiger partial charge in [-0.2, -0.15) is 0 Å². The second kappa shape index (κ2) is 10.4. The molecule has 0 fully saturated rings. The molecule has 0 radical (unpaired) electrons. The Hall–Kier alpha value is -4.24. The lowest BCUT2D eigenvalue weighted by atomic mass is 10.0. The summed E-state index contributed by atoms with van der Waals surface area (Å²) in [4.78, 5) is 0. The largest absolute Gasteiger partial charge is 0.135 e. The molecular formula is C38H28S2. The van der Waals surface area contributed by atoms with Crippen LogP contribution in [0.4, 0.5) is 0 Å². The monoisotopic (exact) mass is 548 g/mol. The number of hydrogen-bond acceptors (Lipinski definition) is 2. The average Bonchev–Trinajstić information content (AvgIpc) is 3.55. The third-order valence-corrected chi connectivity index (χ3v) is 9.80. The van der Waals surface area contributed by atoms with Crippen LogP contribution in [-0.4, -0.2) is 0 Å². The van der Waals surface area contributed by atoms with Crippen LogP contribution in [0.15, 0.2) is 133 Å². The quantitative estimate of drug-likeness (QED) is 0.201. The summed E-state index contributed by atoms with van der Waals surface area (Å²) in [5.41, 5.74) is 7.77. The van der Waals surface area contributed by atoms with Crippen molar-refractivity contribution < 1.29 is 0 Å². The highest BCUT2D eigenvalue weighted by Crippen LogP contribution is 2.37. The fourth-order valence-corrected chi connectivity index (χ4v) is 7.51. The van der Waals surface area contributed by atoms with E-state index in [2.05, 4.69) is 147 Å². The molecule has 40 heavy (non-hydrogen) atoms. The highest BCUT2D eigenvalue weighted by Gasteiger charge is 2.08. The molecule has 0 N–H and O–H groups in total. The van der Waals surface area contributed by atoms with Crippen LogP contribution in [-0.2, 0) is 0 Å². The molecule has 0 saturated carbocycles. The molecule has 0 amide bonds. The Labute approximate surface area is 242 Å². The summed E-state index contributed by atoms with van der Waals surface area (Å²) < 4.78 is 5.46. The van der Waals surface area contributed by atoms with Crippen LogP contribution in [0.1, 0.15) is 11.1 Å². The first-order valence-electron chi connectivity index (χ1n) is 13.6. The smallest absolute Gasteiger partial charge is 0.0355 e. The minimum atomic E-state index is 1.28. The van der Waals surface area contributed by atoms with Gasteiger partial charge in [-0.05, 0) is 78.6 Å². The number of benzene rings is 6. The van der Waals surface area contributed by atoms with Crippen LogP contribution in [0.3, 0.4) is 0 Å². The molecule has 0 nitrogen and oxygen atoms in total. The maximum atomic E-state index is 2.32. The van der Waals surface area contributed by atoms with Gasteiger partial charge in [0.1, 0.15) is 0 Å². The van der Waals surface area contributed by atoms with E-state index < -0.39 is 0 Å². The van der Waals surface area contributed by atoms with Crippen molar-refractivity contribution in [1.29, 1.82) is 0 Å². The summed E-state index contributed by atoms with van der Waals surface area (Å²) in [6.07, 6.45) is 0. The predicted molar refractivity (Wildman–Crippen MR) is 179 cm³/mol. The summed E-state index contributed by atoms with van der Waals surface area (Å²) in [6, 6.07) is 48.3. The van der Waals surface area contributed by atoms with Gasteiger partial charge in [0.05, 0.1) is 0 Å². The van der Waals surface area contributed by atoms with Crippen molar-refractivity contribution in [2.75, 3.05) is 0 Å². The van der Waals surface area contributed by atoms with Gasteiger partial charge in [0, 0.05) is 40.3 Å². The van der Waals surface area contributed by atoms with Gasteiger partial charge in [0.2, 0.25) is 0 Å². The third kappa shape index (κ3) is 4.70. The number of rotatable bonds is 2. The molecule has 2 heteroatoms. The van der Waals surface area contributed by atoms with Crippen LogP contribution in [0.25, 0.3) is 62.6 Å². The van der Waals surface area contributed by atoms with Crippen molar-refractivity contribution in [3.05, 3.63) is 145 Å². The predicted octanol–water partition coefficient (Wildman–Crippen LogP) is 12.1. The van der Waals surface area contributed by atoms with Crippen molar-refractivity contribution in [3.63, 3.8) is 0 Å². The lowest BCUT2D eigenvalue weighted by Crippen LogP contribution is -1.78. The normalized spacial score (nSPS) is 11.2. The fraction of sp³-hybridized carbons (Fsp3) is 0.0526. The van der Waals surface area contributed by atoms with Gasteiger partial charge < -0.3 is 0 Å². The molecule has 2 heterocycles. The standard InChI is InChI=1S/2C19H14S/c1-13-6-8-14(9-7-13)15-10-11-19-17(12-15)16-4-2-3-5-18(16)20-19;1-13-7-9-18-16(11-13)17-12-15(8-10-19(17)20-18)14-5-3-2-4-6-14/h2*2-12H,1H3. The molecule has 0 aliphatic carbocycles. The molecular weight excluding hydrogens is 521 g/mol. The van der Waals surface area contributed by atoms with E-state index in [4.69, 9.17) is 0 Å². The van der Waals surface area contributed by atoms with Crippen molar-refractivity contribution >= 4 is 63.0 Å². The van der Waals surface area contributed by atoms with E-state index in [1.54, 1.807) is 0 Å². The van der Waals surface area contributed by atoms with Gasteiger partial charge in [-0.1, -0.05) is 102 Å². The summed E-state index contributed by atoms with van der Waals surface area (Å²) in [5, 5.41) is 5.47. The number of aryl methyl sites for hydroxylation is 2. The van der Waals surface area contributed by atoms with Crippen molar-refractivity contribution in [1.82, 2.24) is 0 Å². The number of fused-ring (bicyclic) bond motifs is 6. The van der Waals surface area contributed by atoms with Crippen LogP contribution < -0.4 is 0 Å². The zero-order valence-electron chi connectivity index (χ0n) is 22.5. The zero-order chi connectivity index (χ0) is 27.1. The Morgan fingerprint density at radius 1 is 0.325 bits per heavy atom. The van der Waals surface area contributed by atoms with E-state index in [0.717, 1.165) is 0 Å². The van der Waals surface area contributed by atoms with E-state index in [0.29, 0.717) is 0 Å². The van der Waals surface area contributed by atoms with Gasteiger partial charge in [-0.3, -0.25) is 0 Å². The Morgan fingerprint density at radius 3 is 1.45 bits per heavy atom. The SMILES string of the molecule is Cc1ccc(-c2ccc3sc4ccccc4c3c2)cc1.Cc1ccc2sc3ccc(-c4ccccc4)cc3c2c1. The van der Waals surface area contributed by atoms with Crippen LogP contribution in [0.2, 0.25) is 0 Å². The Bertz CT molecular complexity index is 2110. The zero-order valence-corrected chi connectivity index (χ0v) is 24.2. The molecule has 0 spiro atoms. The number of hydrogen-bond donors (Lipinski definition) is 0. The van der Waals surface area contributed by atoms with Gasteiger partial charge >= 0.3 is 0 Å². The molecule has 0 bridgehead atoms. The van der Waals surface area contributed by atoms with Gasteiger partial charge in [-0.15, -0.1) is 22.7 Å². The average molecular weight is 549 g/mol. The van der Waals surface area contributed by atoms with E-state index >= 15 is 0 Å². The molecule has 8 aromatic rings. The first kappa shape index (κ1) is 24.8. The molecule has 6 aromatic carbocycles. The lowest BCUT2D eigenvalue weighted by Gasteiger charge is -2.03. The molecule has 0 unspecified atom stereocenters. The van der Waals surface area contributed by atoms with Gasteiger partial charge in [0.15, 0.2) is 0 Å². The summed E-state index contributed by atoms with van der Waals surface area (Å²) in [6.45, 7) is 4.28. The maximum absolute atomic E-state index is 2.32. The minimum absolute atomic E-state index is 1.28.